The highest BCUT2D eigenvalue weighted by Crippen LogP contribution is 2.32. The number of hydrogen-bond acceptors (Lipinski definition) is 5. The second kappa shape index (κ2) is 7.84. The first-order valence-electron chi connectivity index (χ1n) is 9.18. The molecule has 146 valence electrons. The molecule has 7 nitrogen and oxygen atoms in total. The number of rotatable bonds is 6. The highest BCUT2D eigenvalue weighted by atomic mass is 32.1. The van der Waals surface area contributed by atoms with Gasteiger partial charge in [-0.3, -0.25) is 14.9 Å². The van der Waals surface area contributed by atoms with Crippen molar-refractivity contribution in [3.63, 3.8) is 0 Å². The lowest BCUT2D eigenvalue weighted by molar-refractivity contribution is -0.383. The van der Waals surface area contributed by atoms with E-state index in [0.29, 0.717) is 4.88 Å². The maximum absolute atomic E-state index is 12.7. The molecule has 0 aliphatic rings. The van der Waals surface area contributed by atoms with Crippen molar-refractivity contribution in [3.05, 3.63) is 75.7 Å². The van der Waals surface area contributed by atoms with Crippen LogP contribution in [0.15, 0.2) is 60.7 Å². The number of imidazole rings is 1. The molecule has 1 N–H and O–H groups in total. The monoisotopic (exact) mass is 406 g/mol. The number of hydrogen-bond donors (Lipinski definition) is 1. The molecule has 0 unspecified atom stereocenters. The van der Waals surface area contributed by atoms with Gasteiger partial charge in [-0.05, 0) is 36.8 Å². The lowest BCUT2D eigenvalue weighted by Crippen LogP contribution is -2.11. The number of nitro groups is 1. The summed E-state index contributed by atoms with van der Waals surface area (Å²) in [7, 11) is 0. The van der Waals surface area contributed by atoms with E-state index in [1.807, 2.05) is 30.3 Å². The zero-order chi connectivity index (χ0) is 20.4. The number of carbonyl (C=O) groups excluding carboxylic acids is 1. The van der Waals surface area contributed by atoms with Crippen molar-refractivity contribution in [2.24, 2.45) is 0 Å². The molecule has 2 aromatic heterocycles. The maximum atomic E-state index is 12.7. The SMILES string of the molecule is CCCn1c(-c2ccc(C(=O)Nc3ccccc3[N+](=O)[O-])s2)nc2ccccc21. The third kappa shape index (κ3) is 3.62. The zero-order valence-electron chi connectivity index (χ0n) is 15.7. The summed E-state index contributed by atoms with van der Waals surface area (Å²) < 4.78 is 2.16. The maximum Gasteiger partial charge on any atom is 0.292 e. The van der Waals surface area contributed by atoms with Gasteiger partial charge in [-0.15, -0.1) is 11.3 Å². The minimum absolute atomic E-state index is 0.137. The number of carbonyl (C=O) groups is 1. The van der Waals surface area contributed by atoms with Crippen LogP contribution in [0, 0.1) is 10.1 Å². The van der Waals surface area contributed by atoms with E-state index < -0.39 is 4.92 Å². The van der Waals surface area contributed by atoms with E-state index in [1.165, 1.54) is 23.5 Å². The summed E-state index contributed by atoms with van der Waals surface area (Å²) in [4.78, 5) is 29.4. The van der Waals surface area contributed by atoms with Crippen LogP contribution in [0.5, 0.6) is 0 Å². The molecular weight excluding hydrogens is 388 g/mol. The third-order valence-electron chi connectivity index (χ3n) is 4.50. The smallest absolute Gasteiger partial charge is 0.292 e. The van der Waals surface area contributed by atoms with Crippen LogP contribution >= 0.6 is 11.3 Å². The van der Waals surface area contributed by atoms with Crippen molar-refractivity contribution in [1.82, 2.24) is 9.55 Å². The Morgan fingerprint density at radius 1 is 1.14 bits per heavy atom. The van der Waals surface area contributed by atoms with Crippen LogP contribution in [-0.4, -0.2) is 20.4 Å². The summed E-state index contributed by atoms with van der Waals surface area (Å²) in [6, 6.07) is 17.6. The zero-order valence-corrected chi connectivity index (χ0v) is 16.5. The number of aryl methyl sites for hydroxylation is 1. The Morgan fingerprint density at radius 2 is 1.90 bits per heavy atom. The fraction of sp³-hybridized carbons (Fsp3) is 0.143. The second-order valence-electron chi connectivity index (χ2n) is 6.47. The topological polar surface area (TPSA) is 90.1 Å². The Labute approximate surface area is 170 Å². The van der Waals surface area contributed by atoms with Gasteiger partial charge in [0.15, 0.2) is 5.82 Å². The molecule has 29 heavy (non-hydrogen) atoms. The first-order valence-corrected chi connectivity index (χ1v) is 10.0. The molecule has 0 aliphatic heterocycles. The molecule has 0 bridgehead atoms. The highest BCUT2D eigenvalue weighted by Gasteiger charge is 2.19. The van der Waals surface area contributed by atoms with Crippen molar-refractivity contribution >= 4 is 39.7 Å². The largest absolute Gasteiger partial charge is 0.323 e. The van der Waals surface area contributed by atoms with Crippen LogP contribution in [0.25, 0.3) is 21.7 Å². The van der Waals surface area contributed by atoms with Gasteiger partial charge in [-0.1, -0.05) is 31.2 Å². The summed E-state index contributed by atoms with van der Waals surface area (Å²) in [5.41, 5.74) is 2.01. The molecule has 0 fully saturated rings. The van der Waals surface area contributed by atoms with Crippen LogP contribution in [0.1, 0.15) is 23.0 Å². The molecule has 0 saturated carbocycles. The van der Waals surface area contributed by atoms with Crippen LogP contribution in [-0.2, 0) is 6.54 Å². The van der Waals surface area contributed by atoms with Gasteiger partial charge in [0.2, 0.25) is 0 Å². The minimum Gasteiger partial charge on any atom is -0.323 e. The van der Waals surface area contributed by atoms with Crippen molar-refractivity contribution < 1.29 is 9.72 Å². The number of nitrogens with one attached hydrogen (secondary N) is 1. The summed E-state index contributed by atoms with van der Waals surface area (Å²) >= 11 is 1.32. The van der Waals surface area contributed by atoms with E-state index in [0.717, 1.165) is 34.7 Å². The summed E-state index contributed by atoms with van der Waals surface area (Å²) in [5, 5.41) is 13.8. The van der Waals surface area contributed by atoms with Crippen molar-refractivity contribution in [3.8, 4) is 10.7 Å². The lowest BCUT2D eigenvalue weighted by Gasteiger charge is -2.06. The Hall–Kier alpha value is -3.52. The normalized spacial score (nSPS) is 10.9. The van der Waals surface area contributed by atoms with Crippen molar-refractivity contribution in [2.45, 2.75) is 19.9 Å². The molecule has 4 aromatic rings. The standard InChI is InChI=1S/C21H18N4O3S/c1-2-13-24-16-9-5-3-7-14(16)22-20(24)18-11-12-19(29-18)21(26)23-15-8-4-6-10-17(15)25(27)28/h3-12H,2,13H2,1H3,(H,23,26). The van der Waals surface area contributed by atoms with Gasteiger partial charge in [0.1, 0.15) is 5.69 Å². The number of para-hydroxylation sites is 4. The predicted octanol–water partition coefficient (Wildman–Crippen LogP) is 5.34. The Bertz CT molecular complexity index is 1210. The molecule has 2 aromatic carbocycles. The van der Waals surface area contributed by atoms with E-state index in [-0.39, 0.29) is 17.3 Å². The van der Waals surface area contributed by atoms with Gasteiger partial charge in [0.05, 0.1) is 25.7 Å². The lowest BCUT2D eigenvalue weighted by atomic mass is 10.2. The highest BCUT2D eigenvalue weighted by molar-refractivity contribution is 7.17. The van der Waals surface area contributed by atoms with Crippen molar-refractivity contribution in [1.29, 1.82) is 0 Å². The van der Waals surface area contributed by atoms with E-state index in [4.69, 9.17) is 4.98 Å². The van der Waals surface area contributed by atoms with Gasteiger partial charge in [0.25, 0.3) is 11.6 Å². The number of nitro benzene ring substituents is 1. The van der Waals surface area contributed by atoms with Crippen LogP contribution in [0.4, 0.5) is 11.4 Å². The molecule has 0 aliphatic carbocycles. The Balaban J connectivity index is 1.66. The van der Waals surface area contributed by atoms with Crippen LogP contribution in [0.3, 0.4) is 0 Å². The molecule has 0 atom stereocenters. The van der Waals surface area contributed by atoms with E-state index in [9.17, 15) is 14.9 Å². The number of amides is 1. The van der Waals surface area contributed by atoms with Crippen LogP contribution in [0.2, 0.25) is 0 Å². The van der Waals surface area contributed by atoms with E-state index in [1.54, 1.807) is 18.2 Å². The fourth-order valence-corrected chi connectivity index (χ4v) is 4.12. The van der Waals surface area contributed by atoms with E-state index >= 15 is 0 Å². The minimum atomic E-state index is -0.511. The summed E-state index contributed by atoms with van der Waals surface area (Å²) in [6.45, 7) is 2.93. The van der Waals surface area contributed by atoms with Gasteiger partial charge in [-0.2, -0.15) is 0 Å². The molecule has 0 spiro atoms. The van der Waals surface area contributed by atoms with E-state index in [2.05, 4.69) is 16.8 Å². The number of thiophene rings is 1. The average Bonchev–Trinajstić information content (AvgIpc) is 3.34. The fourth-order valence-electron chi connectivity index (χ4n) is 3.22. The molecule has 4 rings (SSSR count). The Kier molecular flexibility index (Phi) is 5.09. The number of nitrogens with zero attached hydrogens (tertiary/aromatic N) is 3. The first kappa shape index (κ1) is 18.8. The van der Waals surface area contributed by atoms with Gasteiger partial charge in [0, 0.05) is 12.6 Å². The van der Waals surface area contributed by atoms with Crippen LogP contribution < -0.4 is 5.32 Å². The number of fused-ring (bicyclic) bond motifs is 1. The Morgan fingerprint density at radius 3 is 2.69 bits per heavy atom. The molecule has 0 radical (unpaired) electrons. The second-order valence-corrected chi connectivity index (χ2v) is 7.55. The molecule has 0 saturated heterocycles. The first-order chi connectivity index (χ1) is 14.1. The van der Waals surface area contributed by atoms with Crippen molar-refractivity contribution in [2.75, 3.05) is 5.32 Å². The molecule has 1 amide bonds. The quantitative estimate of drug-likeness (QED) is 0.346. The molecule has 2 heterocycles. The number of benzene rings is 2. The third-order valence-corrected chi connectivity index (χ3v) is 5.58. The molecule has 8 heteroatoms. The van der Waals surface area contributed by atoms with Gasteiger partial charge < -0.3 is 9.88 Å². The van der Waals surface area contributed by atoms with Gasteiger partial charge in [-0.25, -0.2) is 4.98 Å². The number of aromatic nitrogens is 2. The average molecular weight is 406 g/mol. The summed E-state index contributed by atoms with van der Waals surface area (Å²) in [5.74, 6) is 0.441. The predicted molar refractivity (Wildman–Crippen MR) is 114 cm³/mol. The number of anilines is 1. The summed E-state index contributed by atoms with van der Waals surface area (Å²) in [6.07, 6.45) is 0.962. The van der Waals surface area contributed by atoms with Gasteiger partial charge >= 0.3 is 0 Å². The molecular formula is C21H18N4O3S.